The molecule has 0 aliphatic heterocycles. The van der Waals surface area contributed by atoms with Gasteiger partial charge in [-0.05, 0) is 13.8 Å². The summed E-state index contributed by atoms with van der Waals surface area (Å²) in [5.74, 6) is 1.08. The first-order valence-corrected chi connectivity index (χ1v) is 6.52. The van der Waals surface area contributed by atoms with Gasteiger partial charge in [-0.25, -0.2) is 9.97 Å². The SMILES string of the molecule is COc1cc(-c2cc(OC(C)C)c(C#N)s2)ncn1. The number of nitrogens with zero attached hydrogens (tertiary/aromatic N) is 3. The summed E-state index contributed by atoms with van der Waals surface area (Å²) < 4.78 is 10.7. The summed E-state index contributed by atoms with van der Waals surface area (Å²) in [4.78, 5) is 9.53. The Bertz CT molecular complexity index is 617. The third kappa shape index (κ3) is 3.01. The second kappa shape index (κ2) is 5.67. The van der Waals surface area contributed by atoms with E-state index in [9.17, 15) is 0 Å². The Morgan fingerprint density at radius 1 is 1.32 bits per heavy atom. The Morgan fingerprint density at radius 3 is 2.74 bits per heavy atom. The molecule has 0 aliphatic rings. The molecule has 0 unspecified atom stereocenters. The van der Waals surface area contributed by atoms with Crippen LogP contribution in [0, 0.1) is 11.3 Å². The minimum Gasteiger partial charge on any atom is -0.489 e. The summed E-state index contributed by atoms with van der Waals surface area (Å²) in [6.07, 6.45) is 1.46. The van der Waals surface area contributed by atoms with Crippen LogP contribution in [0.5, 0.6) is 11.6 Å². The zero-order valence-corrected chi connectivity index (χ0v) is 11.7. The van der Waals surface area contributed by atoms with Gasteiger partial charge in [-0.2, -0.15) is 5.26 Å². The van der Waals surface area contributed by atoms with Gasteiger partial charge in [-0.15, -0.1) is 11.3 Å². The second-order valence-corrected chi connectivity index (χ2v) is 5.08. The van der Waals surface area contributed by atoms with Crippen LogP contribution >= 0.6 is 11.3 Å². The first kappa shape index (κ1) is 13.3. The molecule has 0 atom stereocenters. The van der Waals surface area contributed by atoms with E-state index in [2.05, 4.69) is 16.0 Å². The molecule has 0 N–H and O–H groups in total. The minimum atomic E-state index is 0.0227. The van der Waals surface area contributed by atoms with Gasteiger partial charge in [0.05, 0.1) is 23.8 Å². The Balaban J connectivity index is 2.40. The Kier molecular flexibility index (Phi) is 3.97. The van der Waals surface area contributed by atoms with Crippen LogP contribution in [0.4, 0.5) is 0 Å². The highest BCUT2D eigenvalue weighted by molar-refractivity contribution is 7.16. The number of nitriles is 1. The van der Waals surface area contributed by atoms with E-state index in [-0.39, 0.29) is 6.10 Å². The molecule has 2 rings (SSSR count). The molecule has 0 aliphatic carbocycles. The van der Waals surface area contributed by atoms with Crippen LogP contribution in [0.15, 0.2) is 18.5 Å². The summed E-state index contributed by atoms with van der Waals surface area (Å²) in [5.41, 5.74) is 0.715. The molecule has 98 valence electrons. The van der Waals surface area contributed by atoms with Crippen LogP contribution in [0.2, 0.25) is 0 Å². The van der Waals surface area contributed by atoms with Gasteiger partial charge in [0.25, 0.3) is 0 Å². The lowest BCUT2D eigenvalue weighted by atomic mass is 10.3. The lowest BCUT2D eigenvalue weighted by molar-refractivity contribution is 0.243. The molecule has 0 saturated heterocycles. The molecule has 0 bridgehead atoms. The van der Waals surface area contributed by atoms with Crippen LogP contribution in [0.25, 0.3) is 10.6 Å². The second-order valence-electron chi connectivity index (χ2n) is 4.03. The normalized spacial score (nSPS) is 10.3. The van der Waals surface area contributed by atoms with E-state index >= 15 is 0 Å². The van der Waals surface area contributed by atoms with Gasteiger partial charge in [-0.1, -0.05) is 0 Å². The molecular weight excluding hydrogens is 262 g/mol. The van der Waals surface area contributed by atoms with Crippen molar-refractivity contribution < 1.29 is 9.47 Å². The number of hydrogen-bond acceptors (Lipinski definition) is 6. The van der Waals surface area contributed by atoms with Crippen LogP contribution in [0.3, 0.4) is 0 Å². The standard InChI is InChI=1S/C13H13N3O2S/c1-8(2)18-10-5-11(19-12(10)6-14)9-4-13(17-3)16-7-15-9/h4-5,7-8H,1-3H3. The zero-order valence-electron chi connectivity index (χ0n) is 10.9. The monoisotopic (exact) mass is 275 g/mol. The maximum absolute atomic E-state index is 9.12. The Labute approximate surface area is 115 Å². The van der Waals surface area contributed by atoms with Gasteiger partial charge in [0.1, 0.15) is 23.0 Å². The maximum atomic E-state index is 9.12. The van der Waals surface area contributed by atoms with Crippen molar-refractivity contribution in [2.45, 2.75) is 20.0 Å². The molecule has 6 heteroatoms. The van der Waals surface area contributed by atoms with E-state index in [4.69, 9.17) is 14.7 Å². The number of methoxy groups -OCH3 is 1. The highest BCUT2D eigenvalue weighted by atomic mass is 32.1. The van der Waals surface area contributed by atoms with Gasteiger partial charge in [0, 0.05) is 12.1 Å². The average molecular weight is 275 g/mol. The van der Waals surface area contributed by atoms with Crippen LogP contribution in [-0.2, 0) is 0 Å². The molecule has 2 aromatic rings. The van der Waals surface area contributed by atoms with Crippen molar-refractivity contribution >= 4 is 11.3 Å². The van der Waals surface area contributed by atoms with Crippen molar-refractivity contribution in [3.8, 4) is 28.3 Å². The number of rotatable bonds is 4. The van der Waals surface area contributed by atoms with Crippen molar-refractivity contribution in [1.29, 1.82) is 5.26 Å². The van der Waals surface area contributed by atoms with Crippen molar-refractivity contribution in [1.82, 2.24) is 9.97 Å². The maximum Gasteiger partial charge on any atom is 0.216 e. The summed E-state index contributed by atoms with van der Waals surface area (Å²) >= 11 is 1.34. The van der Waals surface area contributed by atoms with Crippen molar-refractivity contribution in [3.05, 3.63) is 23.3 Å². The topological polar surface area (TPSA) is 68.0 Å². The molecule has 5 nitrogen and oxygen atoms in total. The van der Waals surface area contributed by atoms with Crippen molar-refractivity contribution in [2.75, 3.05) is 7.11 Å². The highest BCUT2D eigenvalue weighted by Gasteiger charge is 2.14. The van der Waals surface area contributed by atoms with Gasteiger partial charge in [-0.3, -0.25) is 0 Å². The van der Waals surface area contributed by atoms with E-state index in [1.54, 1.807) is 13.2 Å². The molecule has 0 spiro atoms. The average Bonchev–Trinajstić information content (AvgIpc) is 2.81. The first-order chi connectivity index (χ1) is 9.13. The van der Waals surface area contributed by atoms with Gasteiger partial charge >= 0.3 is 0 Å². The number of thiophene rings is 1. The van der Waals surface area contributed by atoms with Crippen molar-refractivity contribution in [2.24, 2.45) is 0 Å². The molecular formula is C13H13N3O2S. The van der Waals surface area contributed by atoms with E-state index in [0.29, 0.717) is 22.2 Å². The smallest absolute Gasteiger partial charge is 0.216 e. The van der Waals surface area contributed by atoms with Crippen LogP contribution in [0.1, 0.15) is 18.7 Å². The Hall–Kier alpha value is -2.13. The lowest BCUT2D eigenvalue weighted by Gasteiger charge is -2.06. The molecule has 2 heterocycles. The molecule has 2 aromatic heterocycles. The third-order valence-electron chi connectivity index (χ3n) is 2.27. The van der Waals surface area contributed by atoms with E-state index in [1.165, 1.54) is 17.7 Å². The summed E-state index contributed by atoms with van der Waals surface area (Å²) in [5, 5.41) is 9.12. The van der Waals surface area contributed by atoms with E-state index in [0.717, 1.165) is 4.88 Å². The number of aromatic nitrogens is 2. The van der Waals surface area contributed by atoms with Gasteiger partial charge in [0.15, 0.2) is 0 Å². The fraction of sp³-hybridized carbons (Fsp3) is 0.308. The molecule has 0 amide bonds. The minimum absolute atomic E-state index is 0.0227. The molecule has 0 radical (unpaired) electrons. The molecule has 19 heavy (non-hydrogen) atoms. The predicted molar refractivity (Wildman–Crippen MR) is 72.4 cm³/mol. The number of ether oxygens (including phenoxy) is 2. The fourth-order valence-corrected chi connectivity index (χ4v) is 2.36. The molecule has 0 fully saturated rings. The Morgan fingerprint density at radius 2 is 2.11 bits per heavy atom. The van der Waals surface area contributed by atoms with Gasteiger partial charge in [0.2, 0.25) is 5.88 Å². The van der Waals surface area contributed by atoms with Crippen LogP contribution < -0.4 is 9.47 Å². The molecule has 0 aromatic carbocycles. The number of hydrogen-bond donors (Lipinski definition) is 0. The van der Waals surface area contributed by atoms with E-state index in [1.807, 2.05) is 19.9 Å². The fourth-order valence-electron chi connectivity index (χ4n) is 1.51. The first-order valence-electron chi connectivity index (χ1n) is 5.71. The highest BCUT2D eigenvalue weighted by Crippen LogP contribution is 2.35. The largest absolute Gasteiger partial charge is 0.489 e. The third-order valence-corrected chi connectivity index (χ3v) is 3.31. The summed E-state index contributed by atoms with van der Waals surface area (Å²) in [6.45, 7) is 3.85. The van der Waals surface area contributed by atoms with Crippen molar-refractivity contribution in [3.63, 3.8) is 0 Å². The molecule has 0 saturated carbocycles. The quantitative estimate of drug-likeness (QED) is 0.858. The van der Waals surface area contributed by atoms with E-state index < -0.39 is 0 Å². The van der Waals surface area contributed by atoms with Crippen LogP contribution in [-0.4, -0.2) is 23.2 Å². The predicted octanol–water partition coefficient (Wildman–Crippen LogP) is 2.87. The van der Waals surface area contributed by atoms with Gasteiger partial charge < -0.3 is 9.47 Å². The zero-order chi connectivity index (χ0) is 13.8. The summed E-state index contributed by atoms with van der Waals surface area (Å²) in [7, 11) is 1.55. The lowest BCUT2D eigenvalue weighted by Crippen LogP contribution is -2.05. The summed E-state index contributed by atoms with van der Waals surface area (Å²) in [6, 6.07) is 5.69.